The molecule has 588 valence electrons. The van der Waals surface area contributed by atoms with Crippen LogP contribution in [0.25, 0.3) is 11.3 Å². The minimum absolute atomic E-state index is 0.132. The molecular weight excluding hydrogens is 1450 g/mol. The lowest BCUT2D eigenvalue weighted by Crippen LogP contribution is -2.39. The van der Waals surface area contributed by atoms with Gasteiger partial charge in [0.05, 0.1) is 34.8 Å². The Morgan fingerprint density at radius 2 is 1.23 bits per heavy atom. The lowest BCUT2D eigenvalue weighted by molar-refractivity contribution is -0.134. The SMILES string of the molecule is CC(=O)Oc1cccn1C.CC1=CN(C)C(c2ccccc2)N1.CC1C(=O)N(C)C(=O)N1C.CCN1C(=O)N(C)C(=O)C1Oc1ccccc1.CN1CCOCC1.CNC(=O)c1nccn1C.Cc1cc(C)n(C)n1.Cc1ccnn1C.Cc1nccn1C.Cc1nn(C)cc1Br.Cn1ccc(-c2ccccc2)n1. The normalized spacial score (nSPS) is 15.2. The number of ether oxygens (including phenoxy) is 3. The largest absolute Gasteiger partial charge is 0.461 e. The first-order valence-electron chi connectivity index (χ1n) is 35.1. The van der Waals surface area contributed by atoms with Gasteiger partial charge >= 0.3 is 18.0 Å². The molecule has 11 heterocycles. The van der Waals surface area contributed by atoms with Gasteiger partial charge in [0, 0.05) is 196 Å². The van der Waals surface area contributed by atoms with E-state index in [9.17, 15) is 28.8 Å². The van der Waals surface area contributed by atoms with Gasteiger partial charge in [-0.3, -0.25) is 52.6 Å². The quantitative estimate of drug-likeness (QED) is 0.111. The average Bonchev–Trinajstić information content (AvgIpc) is 1.62. The number of esters is 1. The number of morpholine rings is 1. The van der Waals surface area contributed by atoms with Gasteiger partial charge in [0.15, 0.2) is 5.82 Å². The molecule has 0 spiro atoms. The predicted molar refractivity (Wildman–Crippen MR) is 425 cm³/mol. The number of rotatable bonds is 7. The van der Waals surface area contributed by atoms with Crippen LogP contribution in [0.5, 0.6) is 11.6 Å². The van der Waals surface area contributed by atoms with E-state index in [-0.39, 0.29) is 41.8 Å². The molecule has 0 radical (unpaired) electrons. The third-order valence-electron chi connectivity index (χ3n) is 16.6. The van der Waals surface area contributed by atoms with E-state index in [1.165, 1.54) is 53.5 Å². The first-order valence-corrected chi connectivity index (χ1v) is 35.9. The van der Waals surface area contributed by atoms with Gasteiger partial charge in [-0.1, -0.05) is 78.9 Å². The third-order valence-corrected chi connectivity index (χ3v) is 17.3. The van der Waals surface area contributed by atoms with Gasteiger partial charge in [0.25, 0.3) is 23.9 Å². The van der Waals surface area contributed by atoms with Crippen molar-refractivity contribution in [2.75, 3.05) is 75.1 Å². The highest BCUT2D eigenvalue weighted by Crippen LogP contribution is 2.24. The fourth-order valence-corrected chi connectivity index (χ4v) is 10.2. The number of hydrogen-bond donors (Lipinski definition) is 2. The monoisotopic (exact) mass is 1560 g/mol. The number of nitrogens with one attached hydrogen (secondary N) is 2. The van der Waals surface area contributed by atoms with Gasteiger partial charge in [0.2, 0.25) is 5.88 Å². The molecule has 3 saturated heterocycles. The Bertz CT molecular complexity index is 4230. The molecule has 0 bridgehead atoms. The van der Waals surface area contributed by atoms with Crippen LogP contribution in [0.4, 0.5) is 9.59 Å². The van der Waals surface area contributed by atoms with Gasteiger partial charge in [-0.25, -0.2) is 19.6 Å². The van der Waals surface area contributed by atoms with E-state index >= 15 is 0 Å². The van der Waals surface area contributed by atoms with Crippen LogP contribution in [-0.2, 0) is 68.5 Å². The van der Waals surface area contributed by atoms with Crippen LogP contribution in [0.1, 0.15) is 78.6 Å². The molecule has 7 aromatic heterocycles. The zero-order valence-corrected chi connectivity index (χ0v) is 68.6. The maximum Gasteiger partial charge on any atom is 0.329 e. The molecule has 10 aromatic rings. The van der Waals surface area contributed by atoms with Crippen molar-refractivity contribution < 1.29 is 43.0 Å². The minimum Gasteiger partial charge on any atom is -0.461 e. The summed E-state index contributed by atoms with van der Waals surface area (Å²) in [6, 6.07) is 38.4. The van der Waals surface area contributed by atoms with Crippen molar-refractivity contribution in [2.24, 2.45) is 49.3 Å². The molecule has 4 aliphatic rings. The summed E-state index contributed by atoms with van der Waals surface area (Å²) in [5.74, 6) is 1.73. The number of benzene rings is 3. The molecule has 3 aromatic carbocycles. The molecule has 14 rings (SSSR count). The molecule has 3 fully saturated rings. The second-order valence-corrected chi connectivity index (χ2v) is 26.1. The molecule has 0 saturated carbocycles. The summed E-state index contributed by atoms with van der Waals surface area (Å²) in [7, 11) is 23.6. The summed E-state index contributed by atoms with van der Waals surface area (Å²) < 4.78 is 29.2. The van der Waals surface area contributed by atoms with Gasteiger partial charge in [-0.05, 0) is 120 Å². The highest BCUT2D eigenvalue weighted by molar-refractivity contribution is 9.10. The molecule has 2 N–H and O–H groups in total. The predicted octanol–water partition coefficient (Wildman–Crippen LogP) is 10.0. The zero-order chi connectivity index (χ0) is 81.0. The van der Waals surface area contributed by atoms with Crippen molar-refractivity contribution in [2.45, 2.75) is 80.7 Å². The van der Waals surface area contributed by atoms with Crippen molar-refractivity contribution in [3.63, 3.8) is 0 Å². The van der Waals surface area contributed by atoms with Gasteiger partial charge in [0.1, 0.15) is 23.8 Å². The molecule has 3 unspecified atom stereocenters. The first-order chi connectivity index (χ1) is 51.7. The summed E-state index contributed by atoms with van der Waals surface area (Å²) in [5.41, 5.74) is 9.24. The molecule has 109 heavy (non-hydrogen) atoms. The Hall–Kier alpha value is -11.4. The van der Waals surface area contributed by atoms with E-state index in [0.29, 0.717) is 30.2 Å². The maximum atomic E-state index is 11.8. The summed E-state index contributed by atoms with van der Waals surface area (Å²) in [4.78, 5) is 84.1. The van der Waals surface area contributed by atoms with E-state index < -0.39 is 6.23 Å². The molecule has 4 aliphatic heterocycles. The molecule has 3 atom stereocenters. The number of carbonyl (C=O) groups excluding carboxylic acids is 6. The van der Waals surface area contributed by atoms with Crippen molar-refractivity contribution in [1.82, 2.24) is 103 Å². The number of allylic oxidation sites excluding steroid dienone is 1. The number of likely N-dealkylation sites (N-methyl/N-ethyl adjacent to an activating group) is 5. The average molecular weight is 1570 g/mol. The highest BCUT2D eigenvalue weighted by atomic mass is 79.9. The fraction of sp³-hybridized carbons (Fsp3) is 0.385. The molecule has 7 amide bonds. The number of imide groups is 2. The number of carbonyl (C=O) groups is 6. The standard InChI is InChI=1S/C12H14N2O3.C11H14N2.C10H10N2.C7H9NO2.C6H9N3O.C6H10N2O2.C6H10N2.C5H7BrN2.2C5H8N2.C5H11NO/c1-3-14-11(10(15)13(2)12(14)16)17-9-7-5-4-6-8-9;1-9-8-13(2)11(12-9)10-6-4-3-5-7-10;1-12-8-7-10(11-12)9-5-3-2-4-6-9;1-6(9)10-7-4-3-5-8(7)2;1-7-6(10)5-8-3-4-9(5)2;1-4-5(9)8(3)6(10)7(4)2;1-5-4-6(2)8(3)7-5;1-4-5(6)3-8(2)7-4;1-5-6-3-4-7(5)2;1-5-3-4-6-7(5)2;1-6-2-4-7-5-3-6/h4-8,11H,3H2,1-2H3;3-8,11-12H,1-2H3;2-8H,1H3;3-5H,1-2H3;3-4H,1-2H3,(H,7,10);4H,1-3H3;4H,1-3H3;3H,1-2H3;2*3-4H,1-2H3;2-5H2,1H3. The number of halogens is 1. The Morgan fingerprint density at radius 3 is 1.57 bits per heavy atom. The minimum atomic E-state index is -0.847. The van der Waals surface area contributed by atoms with Crippen LogP contribution >= 0.6 is 15.9 Å². The van der Waals surface area contributed by atoms with E-state index in [0.717, 1.165) is 69.0 Å². The molecule has 0 aliphatic carbocycles. The number of imidazole rings is 2. The van der Waals surface area contributed by atoms with Crippen molar-refractivity contribution >= 4 is 51.7 Å². The Labute approximate surface area is 649 Å². The van der Waals surface area contributed by atoms with Gasteiger partial charge in [-0.2, -0.15) is 20.4 Å². The molecule has 31 heteroatoms. The van der Waals surface area contributed by atoms with Crippen molar-refractivity contribution in [3.05, 3.63) is 227 Å². The van der Waals surface area contributed by atoms with E-state index in [1.54, 1.807) is 84.9 Å². The fourth-order valence-electron chi connectivity index (χ4n) is 9.78. The lowest BCUT2D eigenvalue weighted by atomic mass is 10.2. The molecule has 30 nitrogen and oxygen atoms in total. The highest BCUT2D eigenvalue weighted by Gasteiger charge is 2.44. The van der Waals surface area contributed by atoms with Crippen LogP contribution in [0, 0.1) is 34.6 Å². The topological polar surface area (TPSA) is 285 Å². The van der Waals surface area contributed by atoms with Gasteiger partial charge < -0.3 is 53.2 Å². The van der Waals surface area contributed by atoms with Crippen LogP contribution in [0.3, 0.4) is 0 Å². The van der Waals surface area contributed by atoms with Gasteiger partial charge in [-0.15, -0.1) is 0 Å². The van der Waals surface area contributed by atoms with Crippen molar-refractivity contribution in [3.8, 4) is 22.9 Å². The van der Waals surface area contributed by atoms with Crippen molar-refractivity contribution in [1.29, 1.82) is 0 Å². The second-order valence-electron chi connectivity index (χ2n) is 25.3. The summed E-state index contributed by atoms with van der Waals surface area (Å²) in [5, 5.41) is 22.3. The number of para-hydroxylation sites is 1. The Balaban J connectivity index is 0.000000256. The number of amides is 7. The number of urea groups is 2. The van der Waals surface area contributed by atoms with Crippen LogP contribution < -0.4 is 20.1 Å². The van der Waals surface area contributed by atoms with Crippen LogP contribution in [0.2, 0.25) is 0 Å². The van der Waals surface area contributed by atoms with Crippen LogP contribution in [-0.4, -0.2) is 215 Å². The Kier molecular flexibility index (Phi) is 37.9. The molecular formula is C78H110BrN21O9. The van der Waals surface area contributed by atoms with E-state index in [4.69, 9.17) is 14.2 Å². The van der Waals surface area contributed by atoms with E-state index in [1.807, 2.05) is 188 Å². The number of aromatic nitrogens is 13. The summed E-state index contributed by atoms with van der Waals surface area (Å²) >= 11 is 3.33. The Morgan fingerprint density at radius 1 is 0.633 bits per heavy atom. The second kappa shape index (κ2) is 45.9. The first kappa shape index (κ1) is 90.0. The van der Waals surface area contributed by atoms with Crippen LogP contribution in [0.15, 0.2) is 187 Å². The summed E-state index contributed by atoms with van der Waals surface area (Å²) in [6.07, 6.45) is 16.1. The lowest BCUT2D eigenvalue weighted by Gasteiger charge is -2.21. The maximum absolute atomic E-state index is 11.8. The number of aryl methyl sites for hydroxylation is 12. The number of hydrogen-bond acceptors (Lipinski definition) is 18. The third kappa shape index (κ3) is 30.0. The summed E-state index contributed by atoms with van der Waals surface area (Å²) in [6.45, 7) is 21.4. The van der Waals surface area contributed by atoms with E-state index in [2.05, 4.69) is 136 Å². The zero-order valence-electron chi connectivity index (χ0n) is 67.1. The number of nitrogens with zero attached hydrogens (tertiary/aromatic N) is 19. The smallest absolute Gasteiger partial charge is 0.329 e.